The van der Waals surface area contributed by atoms with Crippen LogP contribution in [0, 0.1) is 0 Å². The minimum Gasteiger partial charge on any atom is -0.456 e. The Morgan fingerprint density at radius 3 is 1.77 bits per heavy atom. The van der Waals surface area contributed by atoms with Crippen molar-refractivity contribution in [3.63, 3.8) is 0 Å². The Labute approximate surface area is 296 Å². The first-order valence-corrected chi connectivity index (χ1v) is 17.5. The average molecular weight is 666 g/mol. The van der Waals surface area contributed by atoms with Crippen LogP contribution in [0.5, 0.6) is 0 Å². The first-order chi connectivity index (χ1) is 25.8. The van der Waals surface area contributed by atoms with Crippen LogP contribution in [0.15, 0.2) is 173 Å². The fraction of sp³-hybridized carbons (Fsp3) is 0. The van der Waals surface area contributed by atoms with E-state index in [1.165, 1.54) is 0 Å². The Hall–Kier alpha value is -7.11. The Balaban J connectivity index is 1.11. The molecule has 0 amide bonds. The lowest BCUT2D eigenvalue weighted by molar-refractivity contribution is 0.669. The summed E-state index contributed by atoms with van der Waals surface area (Å²) < 4.78 is 17.8. The van der Waals surface area contributed by atoms with Crippen molar-refractivity contribution < 1.29 is 8.83 Å². The number of rotatable bonds is 3. The largest absolute Gasteiger partial charge is 0.456 e. The summed E-state index contributed by atoms with van der Waals surface area (Å²) in [5.74, 6) is 0.884. The maximum absolute atomic E-state index is 7.10. The lowest BCUT2D eigenvalue weighted by Crippen LogP contribution is -1.95. The van der Waals surface area contributed by atoms with E-state index < -0.39 is 0 Å². The molecule has 0 N–H and O–H groups in total. The number of para-hydroxylation sites is 3. The fourth-order valence-corrected chi connectivity index (χ4v) is 8.54. The molecular weight excluding hydrogens is 639 g/mol. The van der Waals surface area contributed by atoms with Crippen LogP contribution in [0.2, 0.25) is 0 Å². The van der Waals surface area contributed by atoms with Crippen molar-refractivity contribution in [3.8, 4) is 22.6 Å². The van der Waals surface area contributed by atoms with Gasteiger partial charge >= 0.3 is 0 Å². The van der Waals surface area contributed by atoms with E-state index >= 15 is 0 Å². The number of aromatic nitrogens is 3. The third-order valence-corrected chi connectivity index (χ3v) is 10.8. The van der Waals surface area contributed by atoms with Gasteiger partial charge in [-0.25, -0.2) is 4.98 Å². The predicted molar refractivity (Wildman–Crippen MR) is 213 cm³/mol. The Morgan fingerprint density at radius 1 is 0.385 bits per heavy atom. The van der Waals surface area contributed by atoms with Gasteiger partial charge in [-0.15, -0.1) is 0 Å². The molecule has 0 bridgehead atoms. The summed E-state index contributed by atoms with van der Waals surface area (Å²) in [4.78, 5) is 4.72. The molecule has 0 saturated heterocycles. The first-order valence-electron chi connectivity index (χ1n) is 17.5. The van der Waals surface area contributed by atoms with Gasteiger partial charge in [0.1, 0.15) is 28.1 Å². The van der Waals surface area contributed by atoms with Crippen molar-refractivity contribution in [2.24, 2.45) is 0 Å². The number of fused-ring (bicyclic) bond motifs is 14. The van der Waals surface area contributed by atoms with Gasteiger partial charge < -0.3 is 13.4 Å². The van der Waals surface area contributed by atoms with Crippen molar-refractivity contribution in [1.29, 1.82) is 0 Å². The molecule has 242 valence electrons. The highest BCUT2D eigenvalue weighted by Gasteiger charge is 2.22. The molecule has 52 heavy (non-hydrogen) atoms. The minimum atomic E-state index is 0.884. The van der Waals surface area contributed by atoms with Crippen LogP contribution in [0.3, 0.4) is 0 Å². The molecule has 5 heterocycles. The highest BCUT2D eigenvalue weighted by Crippen LogP contribution is 2.45. The maximum atomic E-state index is 7.10. The van der Waals surface area contributed by atoms with Gasteiger partial charge in [0.2, 0.25) is 0 Å². The Kier molecular flexibility index (Phi) is 5.44. The van der Waals surface area contributed by atoms with E-state index in [0.29, 0.717) is 0 Å². The van der Waals surface area contributed by atoms with Gasteiger partial charge in [0, 0.05) is 44.2 Å². The van der Waals surface area contributed by atoms with Crippen molar-refractivity contribution in [1.82, 2.24) is 14.1 Å². The van der Waals surface area contributed by atoms with E-state index in [-0.39, 0.29) is 0 Å². The minimum absolute atomic E-state index is 0.884. The SMILES string of the molecule is c1ccc(-n2c3ccccc3c3c4oc5c(ccc6c5c5ccccc5n6-c5cccc(-c6ccc7oc8ccccc8c7c6)c5)c4ccc32)nc1. The van der Waals surface area contributed by atoms with Gasteiger partial charge in [-0.3, -0.25) is 4.57 Å². The van der Waals surface area contributed by atoms with Gasteiger partial charge in [0.25, 0.3) is 0 Å². The molecule has 12 aromatic rings. The summed E-state index contributed by atoms with van der Waals surface area (Å²) >= 11 is 0. The zero-order valence-electron chi connectivity index (χ0n) is 27.7. The fourth-order valence-electron chi connectivity index (χ4n) is 8.54. The molecule has 0 aliphatic carbocycles. The van der Waals surface area contributed by atoms with Crippen molar-refractivity contribution in [2.45, 2.75) is 0 Å². The molecule has 7 aromatic carbocycles. The Morgan fingerprint density at radius 2 is 1.02 bits per heavy atom. The van der Waals surface area contributed by atoms with Gasteiger partial charge in [-0.05, 0) is 90.0 Å². The second kappa shape index (κ2) is 10.2. The molecule has 5 nitrogen and oxygen atoms in total. The summed E-state index contributed by atoms with van der Waals surface area (Å²) in [5, 5.41) is 8.98. The number of nitrogens with zero attached hydrogens (tertiary/aromatic N) is 3. The summed E-state index contributed by atoms with van der Waals surface area (Å²) in [6, 6.07) is 55.7. The van der Waals surface area contributed by atoms with Crippen LogP contribution >= 0.6 is 0 Å². The molecule has 0 atom stereocenters. The molecular formula is C47H27N3O2. The van der Waals surface area contributed by atoms with E-state index in [1.807, 2.05) is 30.5 Å². The molecule has 0 spiro atoms. The van der Waals surface area contributed by atoms with Crippen molar-refractivity contribution in [3.05, 3.63) is 164 Å². The zero-order chi connectivity index (χ0) is 33.9. The zero-order valence-corrected chi connectivity index (χ0v) is 27.7. The number of hydrogen-bond acceptors (Lipinski definition) is 3. The lowest BCUT2D eigenvalue weighted by atomic mass is 10.0. The van der Waals surface area contributed by atoms with E-state index in [4.69, 9.17) is 13.8 Å². The lowest BCUT2D eigenvalue weighted by Gasteiger charge is -2.10. The van der Waals surface area contributed by atoms with E-state index in [2.05, 4.69) is 143 Å². The van der Waals surface area contributed by atoms with Crippen LogP contribution in [-0.4, -0.2) is 14.1 Å². The van der Waals surface area contributed by atoms with Gasteiger partial charge in [0.05, 0.1) is 32.8 Å². The Bertz CT molecular complexity index is 3410. The highest BCUT2D eigenvalue weighted by atomic mass is 16.3. The second-order valence-corrected chi connectivity index (χ2v) is 13.5. The smallest absolute Gasteiger partial charge is 0.145 e. The number of benzene rings is 7. The molecule has 0 radical (unpaired) electrons. The summed E-state index contributed by atoms with van der Waals surface area (Å²) in [7, 11) is 0. The average Bonchev–Trinajstić information content (AvgIpc) is 3.95. The van der Waals surface area contributed by atoms with Crippen LogP contribution in [0.25, 0.3) is 110 Å². The van der Waals surface area contributed by atoms with Crippen LogP contribution < -0.4 is 0 Å². The molecule has 0 fully saturated rings. The molecule has 12 rings (SSSR count). The first kappa shape index (κ1) is 27.7. The number of hydrogen-bond donors (Lipinski definition) is 0. The standard InChI is InChI=1S/C47H27N3O2/c1-4-15-37-34(13-1)44-39(49(37)30-11-9-10-28(26-30)29-19-24-42-36(27-29)31-12-3-6-17-41(31)51-42)22-20-32-33-21-23-40-45(47(33)52-46(32)44)35-14-2-5-16-38(35)50(40)43-18-7-8-25-48-43/h1-27H. The van der Waals surface area contributed by atoms with Gasteiger partial charge in [0.15, 0.2) is 0 Å². The van der Waals surface area contributed by atoms with E-state index in [0.717, 1.165) is 110 Å². The summed E-state index contributed by atoms with van der Waals surface area (Å²) in [5.41, 5.74) is 11.4. The molecule has 5 aromatic heterocycles. The van der Waals surface area contributed by atoms with Crippen molar-refractivity contribution >= 4 is 87.5 Å². The molecule has 0 saturated carbocycles. The van der Waals surface area contributed by atoms with Gasteiger partial charge in [-0.2, -0.15) is 0 Å². The number of pyridine rings is 1. The maximum Gasteiger partial charge on any atom is 0.145 e. The van der Waals surface area contributed by atoms with E-state index in [1.54, 1.807) is 0 Å². The molecule has 0 aliphatic rings. The quantitative estimate of drug-likeness (QED) is 0.189. The molecule has 5 heteroatoms. The molecule has 0 unspecified atom stereocenters. The third-order valence-electron chi connectivity index (χ3n) is 10.8. The second-order valence-electron chi connectivity index (χ2n) is 13.5. The van der Waals surface area contributed by atoms with Crippen LogP contribution in [0.4, 0.5) is 0 Å². The van der Waals surface area contributed by atoms with Crippen molar-refractivity contribution in [2.75, 3.05) is 0 Å². The third kappa shape index (κ3) is 3.69. The topological polar surface area (TPSA) is 49.0 Å². The van der Waals surface area contributed by atoms with Crippen LogP contribution in [-0.2, 0) is 0 Å². The monoisotopic (exact) mass is 665 g/mol. The number of furan rings is 2. The normalized spacial score (nSPS) is 12.2. The van der Waals surface area contributed by atoms with E-state index in [9.17, 15) is 0 Å². The molecule has 0 aliphatic heterocycles. The summed E-state index contributed by atoms with van der Waals surface area (Å²) in [6.45, 7) is 0. The predicted octanol–water partition coefficient (Wildman–Crippen LogP) is 12.7. The highest BCUT2D eigenvalue weighted by molar-refractivity contribution is 6.29. The van der Waals surface area contributed by atoms with Gasteiger partial charge in [-0.1, -0.05) is 78.9 Å². The summed E-state index contributed by atoms with van der Waals surface area (Å²) in [6.07, 6.45) is 1.84. The van der Waals surface area contributed by atoms with Crippen LogP contribution in [0.1, 0.15) is 0 Å².